The van der Waals surface area contributed by atoms with Gasteiger partial charge in [0.1, 0.15) is 5.82 Å². The number of aromatic carboxylic acids is 1. The summed E-state index contributed by atoms with van der Waals surface area (Å²) in [6.07, 6.45) is 0. The lowest BCUT2D eigenvalue weighted by atomic mass is 10.1. The van der Waals surface area contributed by atoms with Crippen molar-refractivity contribution >= 4 is 40.5 Å². The maximum Gasteiger partial charge on any atom is 0.337 e. The number of rotatable bonds is 3. The van der Waals surface area contributed by atoms with Gasteiger partial charge in [0, 0.05) is 0 Å². The molecule has 2 aromatic rings. The molecule has 0 unspecified atom stereocenters. The molecular weight excluding hydrogens is 304 g/mol. The van der Waals surface area contributed by atoms with Crippen LogP contribution in [-0.2, 0) is 0 Å². The van der Waals surface area contributed by atoms with E-state index in [9.17, 15) is 9.18 Å². The van der Waals surface area contributed by atoms with Gasteiger partial charge in [-0.3, -0.25) is 0 Å². The van der Waals surface area contributed by atoms with Crippen LogP contribution < -0.4 is 5.32 Å². The number of nitrogens with one attached hydrogen (secondary N) is 1. The monoisotopic (exact) mass is 313 g/mol. The number of halogens is 3. The van der Waals surface area contributed by atoms with Crippen LogP contribution in [0.5, 0.6) is 0 Å². The fraction of sp³-hybridized carbons (Fsp3) is 0.0714. The Hall–Kier alpha value is -1.78. The lowest BCUT2D eigenvalue weighted by molar-refractivity contribution is 0.0698. The average Bonchev–Trinajstić information content (AvgIpc) is 2.39. The number of anilines is 2. The Labute approximate surface area is 124 Å². The van der Waals surface area contributed by atoms with Gasteiger partial charge in [-0.1, -0.05) is 29.3 Å². The zero-order valence-electron chi connectivity index (χ0n) is 10.4. The summed E-state index contributed by atoms with van der Waals surface area (Å²) in [5, 5.41) is 12.6. The molecule has 0 heterocycles. The Balaban J connectivity index is 2.53. The summed E-state index contributed by atoms with van der Waals surface area (Å²) < 4.78 is 13.3. The second kappa shape index (κ2) is 5.69. The van der Waals surface area contributed by atoms with Gasteiger partial charge in [0.05, 0.1) is 27.0 Å². The molecule has 0 aliphatic carbocycles. The maximum absolute atomic E-state index is 13.3. The highest BCUT2D eigenvalue weighted by atomic mass is 35.5. The molecule has 3 nitrogen and oxygen atoms in total. The number of carbonyl (C=O) groups is 1. The summed E-state index contributed by atoms with van der Waals surface area (Å²) in [5.41, 5.74) is 1.14. The second-order valence-corrected chi connectivity index (χ2v) is 4.96. The number of hydrogen-bond donors (Lipinski definition) is 2. The number of aryl methyl sites for hydroxylation is 1. The third-order valence-electron chi connectivity index (χ3n) is 2.76. The third-order valence-corrected chi connectivity index (χ3v) is 3.56. The normalized spacial score (nSPS) is 10.4. The van der Waals surface area contributed by atoms with E-state index in [4.69, 9.17) is 28.3 Å². The Morgan fingerprint density at radius 2 is 1.95 bits per heavy atom. The number of carboxylic acids is 1. The molecule has 2 aromatic carbocycles. The van der Waals surface area contributed by atoms with E-state index in [0.717, 1.165) is 17.7 Å². The van der Waals surface area contributed by atoms with E-state index in [1.165, 1.54) is 6.07 Å². The van der Waals surface area contributed by atoms with E-state index in [1.807, 2.05) is 0 Å². The van der Waals surface area contributed by atoms with Crippen molar-refractivity contribution in [2.75, 3.05) is 5.32 Å². The standard InChI is InChI=1S/C14H10Cl2FNO2/c1-7-2-5-10(15)13(12(7)16)18-11-6-8(17)3-4-9(11)14(19)20/h2-6,18H,1H3,(H,19,20). The summed E-state index contributed by atoms with van der Waals surface area (Å²) in [7, 11) is 0. The van der Waals surface area contributed by atoms with Crippen LogP contribution in [0.1, 0.15) is 15.9 Å². The van der Waals surface area contributed by atoms with E-state index in [-0.39, 0.29) is 11.3 Å². The van der Waals surface area contributed by atoms with Crippen molar-refractivity contribution < 1.29 is 14.3 Å². The summed E-state index contributed by atoms with van der Waals surface area (Å²) >= 11 is 12.2. The quantitative estimate of drug-likeness (QED) is 0.848. The van der Waals surface area contributed by atoms with Gasteiger partial charge >= 0.3 is 5.97 Å². The van der Waals surface area contributed by atoms with Crippen LogP contribution in [0.3, 0.4) is 0 Å². The van der Waals surface area contributed by atoms with Crippen LogP contribution in [0, 0.1) is 12.7 Å². The maximum atomic E-state index is 13.3. The predicted molar refractivity (Wildman–Crippen MR) is 77.8 cm³/mol. The van der Waals surface area contributed by atoms with E-state index < -0.39 is 11.8 Å². The number of benzene rings is 2. The minimum absolute atomic E-state index is 0.0694. The van der Waals surface area contributed by atoms with Crippen molar-refractivity contribution in [2.45, 2.75) is 6.92 Å². The summed E-state index contributed by atoms with van der Waals surface area (Å²) in [4.78, 5) is 11.1. The van der Waals surface area contributed by atoms with Crippen LogP contribution in [0.25, 0.3) is 0 Å². The first kappa shape index (κ1) is 14.6. The van der Waals surface area contributed by atoms with Gasteiger partial charge in [0.2, 0.25) is 0 Å². The highest BCUT2D eigenvalue weighted by molar-refractivity contribution is 6.39. The third kappa shape index (κ3) is 2.86. The lowest BCUT2D eigenvalue weighted by Gasteiger charge is -2.14. The van der Waals surface area contributed by atoms with Crippen LogP contribution >= 0.6 is 23.2 Å². The van der Waals surface area contributed by atoms with Gasteiger partial charge in [-0.2, -0.15) is 0 Å². The van der Waals surface area contributed by atoms with Crippen LogP contribution in [0.4, 0.5) is 15.8 Å². The number of carboxylic acid groups (broad SMARTS) is 1. The highest BCUT2D eigenvalue weighted by Gasteiger charge is 2.15. The Kier molecular flexibility index (Phi) is 4.16. The Morgan fingerprint density at radius 1 is 1.25 bits per heavy atom. The molecule has 0 bridgehead atoms. The van der Waals surface area contributed by atoms with E-state index >= 15 is 0 Å². The van der Waals surface area contributed by atoms with Crippen molar-refractivity contribution in [3.8, 4) is 0 Å². The minimum Gasteiger partial charge on any atom is -0.478 e. The van der Waals surface area contributed by atoms with Gasteiger partial charge in [0.25, 0.3) is 0 Å². The predicted octanol–water partition coefficient (Wildman–Crippen LogP) is 4.88. The van der Waals surface area contributed by atoms with Crippen molar-refractivity contribution in [3.63, 3.8) is 0 Å². The van der Waals surface area contributed by atoms with E-state index in [1.54, 1.807) is 19.1 Å². The van der Waals surface area contributed by atoms with Gasteiger partial charge in [-0.05, 0) is 36.8 Å². The fourth-order valence-corrected chi connectivity index (χ4v) is 2.18. The molecule has 104 valence electrons. The topological polar surface area (TPSA) is 49.3 Å². The first-order valence-electron chi connectivity index (χ1n) is 5.64. The van der Waals surface area contributed by atoms with Gasteiger partial charge in [0.15, 0.2) is 0 Å². The highest BCUT2D eigenvalue weighted by Crippen LogP contribution is 2.36. The molecule has 0 aromatic heterocycles. The Morgan fingerprint density at radius 3 is 2.60 bits per heavy atom. The van der Waals surface area contributed by atoms with Crippen LogP contribution in [0.15, 0.2) is 30.3 Å². The molecule has 20 heavy (non-hydrogen) atoms. The van der Waals surface area contributed by atoms with Gasteiger partial charge < -0.3 is 10.4 Å². The molecule has 0 saturated heterocycles. The average molecular weight is 314 g/mol. The molecule has 0 fully saturated rings. The van der Waals surface area contributed by atoms with Crippen molar-refractivity contribution in [1.82, 2.24) is 0 Å². The molecule has 0 radical (unpaired) electrons. The zero-order chi connectivity index (χ0) is 14.9. The molecule has 0 amide bonds. The lowest BCUT2D eigenvalue weighted by Crippen LogP contribution is -2.04. The van der Waals surface area contributed by atoms with Crippen LogP contribution in [-0.4, -0.2) is 11.1 Å². The molecule has 0 saturated carbocycles. The molecular formula is C14H10Cl2FNO2. The smallest absolute Gasteiger partial charge is 0.337 e. The Bertz CT molecular complexity index is 689. The van der Waals surface area contributed by atoms with E-state index in [2.05, 4.69) is 5.32 Å². The summed E-state index contributed by atoms with van der Waals surface area (Å²) in [6, 6.07) is 6.70. The molecule has 2 rings (SSSR count). The number of hydrogen-bond acceptors (Lipinski definition) is 2. The molecule has 0 aliphatic rings. The van der Waals surface area contributed by atoms with Gasteiger partial charge in [-0.15, -0.1) is 0 Å². The zero-order valence-corrected chi connectivity index (χ0v) is 11.9. The fourth-order valence-electron chi connectivity index (χ4n) is 1.71. The van der Waals surface area contributed by atoms with Crippen molar-refractivity contribution in [3.05, 3.63) is 57.3 Å². The second-order valence-electron chi connectivity index (χ2n) is 4.17. The van der Waals surface area contributed by atoms with Crippen molar-refractivity contribution in [2.24, 2.45) is 0 Å². The molecule has 0 aliphatic heterocycles. The first-order chi connectivity index (χ1) is 9.40. The van der Waals surface area contributed by atoms with Crippen LogP contribution in [0.2, 0.25) is 10.0 Å². The molecule has 2 N–H and O–H groups in total. The molecule has 0 spiro atoms. The van der Waals surface area contributed by atoms with E-state index in [0.29, 0.717) is 15.7 Å². The summed E-state index contributed by atoms with van der Waals surface area (Å²) in [6.45, 7) is 1.79. The van der Waals surface area contributed by atoms with Crippen molar-refractivity contribution in [1.29, 1.82) is 0 Å². The van der Waals surface area contributed by atoms with Gasteiger partial charge in [-0.25, -0.2) is 9.18 Å². The minimum atomic E-state index is -1.17. The molecule has 0 atom stereocenters. The summed E-state index contributed by atoms with van der Waals surface area (Å²) in [5.74, 6) is -1.73. The molecule has 6 heteroatoms. The largest absolute Gasteiger partial charge is 0.478 e. The first-order valence-corrected chi connectivity index (χ1v) is 6.40. The SMILES string of the molecule is Cc1ccc(Cl)c(Nc2cc(F)ccc2C(=O)O)c1Cl.